The van der Waals surface area contributed by atoms with Gasteiger partial charge in [0.25, 0.3) is 11.8 Å². The number of piperidine rings is 1. The van der Waals surface area contributed by atoms with Gasteiger partial charge in [-0.15, -0.1) is 0 Å². The molecule has 1 fully saturated rings. The summed E-state index contributed by atoms with van der Waals surface area (Å²) in [6.45, 7) is 0. The summed E-state index contributed by atoms with van der Waals surface area (Å²) in [7, 11) is 24.0. The summed E-state index contributed by atoms with van der Waals surface area (Å²) in [5.41, 5.74) is -0.513. The first-order valence-electron chi connectivity index (χ1n) is 10.7. The fraction of sp³-hybridized carbons (Fsp3) is 0.273. The maximum Gasteiger partial charge on any atom is 0.348 e. The molecule has 0 spiro atoms. The first-order chi connectivity index (χ1) is 16.8. The Labute approximate surface area is 215 Å². The van der Waals surface area contributed by atoms with E-state index in [-0.39, 0.29) is 44.8 Å². The molecule has 8 radical (unpaired) electrons. The molecule has 14 heteroatoms. The molecule has 3 atom stereocenters. The lowest BCUT2D eigenvalue weighted by molar-refractivity contribution is -0.154. The van der Waals surface area contributed by atoms with Crippen LogP contribution in [0.25, 0.3) is 0 Å². The Bertz CT molecular complexity index is 1280. The van der Waals surface area contributed by atoms with Crippen molar-refractivity contribution in [1.82, 2.24) is 15.0 Å². The Morgan fingerprint density at radius 2 is 1.83 bits per heavy atom. The Morgan fingerprint density at radius 1 is 1.19 bits per heavy atom. The number of fused-ring (bicyclic) bond motifs is 1. The quantitative estimate of drug-likeness (QED) is 0.476. The number of nitrogens with zero attached hydrogens (tertiary/aromatic N) is 2. The molecular formula is C22H14B4ClF2N3O4. The van der Waals surface area contributed by atoms with Gasteiger partial charge in [0.15, 0.2) is 0 Å². The highest BCUT2D eigenvalue weighted by Gasteiger charge is 2.45. The number of benzene rings is 2. The number of carbonyl (C=O) groups excluding carboxylic acids is 4. The minimum atomic E-state index is -4.03. The molecule has 36 heavy (non-hydrogen) atoms. The maximum atomic E-state index is 14.8. The van der Waals surface area contributed by atoms with Crippen LogP contribution in [0.2, 0.25) is 5.02 Å². The van der Waals surface area contributed by atoms with Crippen molar-refractivity contribution >= 4 is 72.2 Å². The van der Waals surface area contributed by atoms with Gasteiger partial charge in [0, 0.05) is 34.5 Å². The zero-order valence-electron chi connectivity index (χ0n) is 18.6. The summed E-state index contributed by atoms with van der Waals surface area (Å²) < 4.78 is 29.7. The van der Waals surface area contributed by atoms with Gasteiger partial charge in [-0.3, -0.25) is 24.5 Å². The van der Waals surface area contributed by atoms with Gasteiger partial charge in [-0.05, 0) is 29.7 Å². The van der Waals surface area contributed by atoms with Gasteiger partial charge in [-0.1, -0.05) is 41.3 Å². The summed E-state index contributed by atoms with van der Waals surface area (Å²) >= 11 is 5.72. The van der Waals surface area contributed by atoms with Crippen molar-refractivity contribution in [3.63, 3.8) is 0 Å². The number of rotatable bonds is 5. The molecule has 2 heterocycles. The van der Waals surface area contributed by atoms with Crippen molar-refractivity contribution in [2.75, 3.05) is 0 Å². The number of carbonyl (C=O) groups is 4. The summed E-state index contributed by atoms with van der Waals surface area (Å²) in [6.07, 6.45) is 0.0956. The second kappa shape index (κ2) is 9.42. The van der Waals surface area contributed by atoms with Crippen LogP contribution in [0.5, 0.6) is 0 Å². The van der Waals surface area contributed by atoms with Crippen LogP contribution in [0, 0.1) is 0 Å². The molecule has 1 N–H and O–H groups in total. The van der Waals surface area contributed by atoms with Crippen molar-refractivity contribution in [2.45, 2.75) is 36.7 Å². The zero-order chi connectivity index (χ0) is 26.5. The number of halogens is 3. The van der Waals surface area contributed by atoms with Gasteiger partial charge in [0.05, 0.1) is 0 Å². The molecule has 2 aromatic rings. The molecule has 0 aromatic heterocycles. The van der Waals surface area contributed by atoms with Crippen LogP contribution in [-0.2, 0) is 20.3 Å². The molecule has 4 amide bonds. The number of imide groups is 1. The van der Waals surface area contributed by atoms with Crippen LogP contribution in [-0.4, -0.2) is 70.9 Å². The van der Waals surface area contributed by atoms with Crippen molar-refractivity contribution in [2.24, 2.45) is 0 Å². The topological polar surface area (TPSA) is 86.8 Å². The van der Waals surface area contributed by atoms with Crippen LogP contribution in [0.4, 0.5) is 8.78 Å². The van der Waals surface area contributed by atoms with E-state index in [4.69, 9.17) is 43.1 Å². The van der Waals surface area contributed by atoms with E-state index in [1.807, 2.05) is 0 Å². The molecule has 0 bridgehead atoms. The second-order valence-electron chi connectivity index (χ2n) is 8.43. The van der Waals surface area contributed by atoms with E-state index in [2.05, 4.69) is 5.32 Å². The largest absolute Gasteiger partial charge is 0.393 e. The number of alkyl halides is 2. The molecule has 4 rings (SSSR count). The maximum absolute atomic E-state index is 14.8. The smallest absolute Gasteiger partial charge is 0.348 e. The molecule has 174 valence electrons. The summed E-state index contributed by atoms with van der Waals surface area (Å²) in [6, 6.07) is 5.89. The average molecular weight is 501 g/mol. The van der Waals surface area contributed by atoms with E-state index in [0.29, 0.717) is 0 Å². The first-order valence-corrected chi connectivity index (χ1v) is 11.1. The molecule has 3 unspecified atom stereocenters. The predicted molar refractivity (Wildman–Crippen MR) is 129 cm³/mol. The fourth-order valence-electron chi connectivity index (χ4n) is 4.26. The lowest BCUT2D eigenvalue weighted by Gasteiger charge is -2.33. The highest BCUT2D eigenvalue weighted by Crippen LogP contribution is 2.37. The lowest BCUT2D eigenvalue weighted by atomic mass is 9.74. The van der Waals surface area contributed by atoms with Gasteiger partial charge in [-0.25, -0.2) is 0 Å². The normalized spacial score (nSPS) is 20.6. The molecule has 2 aliphatic rings. The Balaban J connectivity index is 1.62. The molecule has 0 aliphatic carbocycles. The molecular weight excluding hydrogens is 487 g/mol. The Morgan fingerprint density at radius 3 is 2.44 bits per heavy atom. The minimum Gasteiger partial charge on any atom is -0.393 e. The van der Waals surface area contributed by atoms with Gasteiger partial charge in [0.2, 0.25) is 19.8 Å². The predicted octanol–water partition coefficient (Wildman–Crippen LogP) is 0.433. The van der Waals surface area contributed by atoms with Crippen molar-refractivity contribution in [1.29, 1.82) is 0 Å². The van der Waals surface area contributed by atoms with Crippen LogP contribution >= 0.6 is 11.6 Å². The highest BCUT2D eigenvalue weighted by molar-refractivity contribution is 6.36. The van der Waals surface area contributed by atoms with Gasteiger partial charge in [0.1, 0.15) is 29.6 Å². The molecule has 1 saturated heterocycles. The first kappa shape index (κ1) is 26.0. The lowest BCUT2D eigenvalue weighted by Crippen LogP contribution is -2.53. The molecule has 2 aliphatic heterocycles. The van der Waals surface area contributed by atoms with Crippen molar-refractivity contribution in [3.05, 3.63) is 63.7 Å². The summed E-state index contributed by atoms with van der Waals surface area (Å²) in [4.78, 5) is 50.6. The standard InChI is InChI=1S/C22H14B4ClF2N3O4/c23-14-8-12-11(17(24)31(20(12)35)15-5-6-16(33)30-19(15)34)7-13(14)18(25)32(26)21(36)22(28,29)9-1-3-10(27)4-2-9/h1-4,7-8,15,17-18H,5-6H2,(H,30,33,34). The minimum absolute atomic E-state index is 0.0214. The van der Waals surface area contributed by atoms with E-state index in [1.54, 1.807) is 0 Å². The van der Waals surface area contributed by atoms with Gasteiger partial charge in [-0.2, -0.15) is 8.78 Å². The monoisotopic (exact) mass is 501 g/mol. The summed E-state index contributed by atoms with van der Waals surface area (Å²) in [5, 5.41) is 2.36. The number of amides is 4. The molecule has 7 nitrogen and oxygen atoms in total. The highest BCUT2D eigenvalue weighted by atomic mass is 35.5. The van der Waals surface area contributed by atoms with E-state index in [1.165, 1.54) is 24.3 Å². The zero-order valence-corrected chi connectivity index (χ0v) is 19.3. The van der Waals surface area contributed by atoms with Gasteiger partial charge >= 0.3 is 5.92 Å². The average Bonchev–Trinajstić information content (AvgIpc) is 3.06. The number of hydrogen-bond donors (Lipinski definition) is 1. The summed E-state index contributed by atoms with van der Waals surface area (Å²) in [5.74, 6) is -10.3. The van der Waals surface area contributed by atoms with Crippen LogP contribution < -0.4 is 10.8 Å². The van der Waals surface area contributed by atoms with Crippen LogP contribution in [0.3, 0.4) is 0 Å². The van der Waals surface area contributed by atoms with Crippen molar-refractivity contribution < 1.29 is 28.0 Å². The second-order valence-corrected chi connectivity index (χ2v) is 8.87. The van der Waals surface area contributed by atoms with E-state index < -0.39 is 53.0 Å². The van der Waals surface area contributed by atoms with E-state index >= 15 is 0 Å². The SMILES string of the molecule is [B]c1cc2c(cc1C([B])N([B])C(=O)C(F)(F)c1ccc(Cl)cc1)C([B])N(C1CCC(=O)NC1=O)C2=O. The van der Waals surface area contributed by atoms with Gasteiger partial charge < -0.3 is 9.71 Å². The molecule has 0 saturated carbocycles. The van der Waals surface area contributed by atoms with Crippen LogP contribution in [0.1, 0.15) is 51.8 Å². The Kier molecular flexibility index (Phi) is 6.81. The Hall–Kier alpha value is -3.07. The third-order valence-electron chi connectivity index (χ3n) is 6.21. The van der Waals surface area contributed by atoms with E-state index in [0.717, 1.165) is 17.0 Å². The number of hydrogen-bond acceptors (Lipinski definition) is 4. The third-order valence-corrected chi connectivity index (χ3v) is 6.46. The van der Waals surface area contributed by atoms with Crippen molar-refractivity contribution in [3.8, 4) is 0 Å². The third kappa shape index (κ3) is 4.34. The fourth-order valence-corrected chi connectivity index (χ4v) is 4.38. The van der Waals surface area contributed by atoms with E-state index in [9.17, 15) is 28.0 Å². The molecule has 2 aromatic carbocycles. The number of nitrogens with one attached hydrogen (secondary N) is 1. The van der Waals surface area contributed by atoms with Crippen LogP contribution in [0.15, 0.2) is 36.4 Å².